The number of amides is 1. The van der Waals surface area contributed by atoms with E-state index in [-0.39, 0.29) is 11.9 Å². The minimum absolute atomic E-state index is 0.240. The van der Waals surface area contributed by atoms with Crippen molar-refractivity contribution >= 4 is 17.4 Å². The van der Waals surface area contributed by atoms with Gasteiger partial charge in [0.1, 0.15) is 10.8 Å². The zero-order valence-electron chi connectivity index (χ0n) is 13.5. The Bertz CT molecular complexity index is 681. The predicted molar refractivity (Wildman–Crippen MR) is 91.3 cm³/mol. The van der Waals surface area contributed by atoms with Crippen LogP contribution in [0.1, 0.15) is 18.5 Å². The summed E-state index contributed by atoms with van der Waals surface area (Å²) >= 11 is 1.56. The van der Waals surface area contributed by atoms with E-state index in [2.05, 4.69) is 10.3 Å². The largest absolute Gasteiger partial charge is 0.453 e. The lowest BCUT2D eigenvalue weighted by Gasteiger charge is -2.31. The van der Waals surface area contributed by atoms with E-state index in [0.717, 1.165) is 29.1 Å². The molecular weight excluding hydrogens is 329 g/mol. The summed E-state index contributed by atoms with van der Waals surface area (Å²) in [5.74, 6) is -0.240. The maximum absolute atomic E-state index is 13.0. The zero-order valence-corrected chi connectivity index (χ0v) is 14.3. The molecule has 1 aliphatic heterocycles. The first-order valence-corrected chi connectivity index (χ1v) is 8.80. The highest BCUT2D eigenvalue weighted by Gasteiger charge is 2.22. The Balaban J connectivity index is 1.50. The number of benzene rings is 1. The molecule has 1 aliphatic rings. The number of halogens is 1. The van der Waals surface area contributed by atoms with Crippen LogP contribution in [0.25, 0.3) is 10.6 Å². The molecule has 5 nitrogen and oxygen atoms in total. The molecule has 0 atom stereocenters. The van der Waals surface area contributed by atoms with Crippen molar-refractivity contribution in [1.82, 2.24) is 15.2 Å². The lowest BCUT2D eigenvalue weighted by atomic mass is 10.1. The van der Waals surface area contributed by atoms with Crippen LogP contribution >= 0.6 is 11.3 Å². The second-order valence-electron chi connectivity index (χ2n) is 5.76. The number of piperidine rings is 1. The second-order valence-corrected chi connectivity index (χ2v) is 6.62. The van der Waals surface area contributed by atoms with Gasteiger partial charge in [0, 0.05) is 36.6 Å². The number of thiazole rings is 1. The fraction of sp³-hybridized carbons (Fsp3) is 0.412. The molecule has 128 valence electrons. The zero-order chi connectivity index (χ0) is 16.9. The fourth-order valence-electron chi connectivity index (χ4n) is 2.76. The molecule has 3 rings (SSSR count). The van der Waals surface area contributed by atoms with Crippen molar-refractivity contribution in [2.24, 2.45) is 0 Å². The molecule has 0 aliphatic carbocycles. The number of nitrogens with zero attached hydrogens (tertiary/aromatic N) is 2. The molecule has 1 aromatic carbocycles. The molecule has 0 radical (unpaired) electrons. The van der Waals surface area contributed by atoms with Gasteiger partial charge in [-0.15, -0.1) is 11.3 Å². The van der Waals surface area contributed by atoms with Crippen LogP contribution in [0.4, 0.5) is 9.18 Å². The quantitative estimate of drug-likeness (QED) is 0.920. The van der Waals surface area contributed by atoms with Gasteiger partial charge in [0.15, 0.2) is 0 Å². The normalized spacial score (nSPS) is 15.5. The molecule has 1 saturated heterocycles. The van der Waals surface area contributed by atoms with E-state index in [1.54, 1.807) is 28.4 Å². The second kappa shape index (κ2) is 7.72. The van der Waals surface area contributed by atoms with Gasteiger partial charge in [0.25, 0.3) is 0 Å². The van der Waals surface area contributed by atoms with Crippen LogP contribution in [0.3, 0.4) is 0 Å². The standard InChI is InChI=1S/C17H20FN3O2S/c1-23-17(22)21-8-6-14(7-9-21)19-10-15-11-24-16(20-15)12-2-4-13(18)5-3-12/h2-5,11,14,19H,6-10H2,1H3. The predicted octanol–water partition coefficient (Wildman–Crippen LogP) is 3.27. The number of rotatable bonds is 4. The number of hydrogen-bond acceptors (Lipinski definition) is 5. The number of likely N-dealkylation sites (tertiary alicyclic amines) is 1. The molecule has 2 aromatic rings. The van der Waals surface area contributed by atoms with E-state index in [0.29, 0.717) is 25.7 Å². The SMILES string of the molecule is COC(=O)N1CCC(NCc2csc(-c3ccc(F)cc3)n2)CC1. The third-order valence-electron chi connectivity index (χ3n) is 4.14. The van der Waals surface area contributed by atoms with E-state index in [1.807, 2.05) is 5.38 Å². The van der Waals surface area contributed by atoms with E-state index in [4.69, 9.17) is 4.74 Å². The summed E-state index contributed by atoms with van der Waals surface area (Å²) in [6, 6.07) is 6.76. The number of carbonyl (C=O) groups excluding carboxylic acids is 1. The van der Waals surface area contributed by atoms with Crippen LogP contribution in [0.15, 0.2) is 29.6 Å². The summed E-state index contributed by atoms with van der Waals surface area (Å²) in [6.07, 6.45) is 1.56. The summed E-state index contributed by atoms with van der Waals surface area (Å²) in [6.45, 7) is 2.12. The van der Waals surface area contributed by atoms with Crippen molar-refractivity contribution in [1.29, 1.82) is 0 Å². The van der Waals surface area contributed by atoms with E-state index < -0.39 is 0 Å². The van der Waals surface area contributed by atoms with Gasteiger partial charge < -0.3 is 15.0 Å². The van der Waals surface area contributed by atoms with Crippen LogP contribution in [-0.2, 0) is 11.3 Å². The molecule has 0 bridgehead atoms. The van der Waals surface area contributed by atoms with Crippen molar-refractivity contribution in [3.05, 3.63) is 41.2 Å². The van der Waals surface area contributed by atoms with Gasteiger partial charge in [-0.3, -0.25) is 0 Å². The number of ether oxygens (including phenoxy) is 1. The van der Waals surface area contributed by atoms with E-state index in [1.165, 1.54) is 19.2 Å². The lowest BCUT2D eigenvalue weighted by Crippen LogP contribution is -2.44. The average molecular weight is 349 g/mol. The number of nitrogens with one attached hydrogen (secondary N) is 1. The first kappa shape index (κ1) is 16.9. The number of aromatic nitrogens is 1. The van der Waals surface area contributed by atoms with Crippen LogP contribution in [-0.4, -0.2) is 42.2 Å². The van der Waals surface area contributed by atoms with Crippen LogP contribution in [0.2, 0.25) is 0 Å². The fourth-order valence-corrected chi connectivity index (χ4v) is 3.58. The third-order valence-corrected chi connectivity index (χ3v) is 5.08. The van der Waals surface area contributed by atoms with Crippen molar-refractivity contribution in [2.75, 3.05) is 20.2 Å². The van der Waals surface area contributed by atoms with Crippen LogP contribution in [0, 0.1) is 5.82 Å². The Hall–Kier alpha value is -1.99. The van der Waals surface area contributed by atoms with Crippen molar-refractivity contribution in [3.8, 4) is 10.6 Å². The molecule has 1 amide bonds. The summed E-state index contributed by atoms with van der Waals surface area (Å²) in [5, 5.41) is 6.41. The first-order chi connectivity index (χ1) is 11.7. The molecular formula is C17H20FN3O2S. The minimum atomic E-state index is -0.253. The Morgan fingerprint density at radius 1 is 1.38 bits per heavy atom. The Kier molecular flexibility index (Phi) is 5.42. The molecule has 1 aromatic heterocycles. The summed E-state index contributed by atoms with van der Waals surface area (Å²) in [4.78, 5) is 17.8. The average Bonchev–Trinajstić information content (AvgIpc) is 3.09. The maximum atomic E-state index is 13.0. The monoisotopic (exact) mass is 349 g/mol. The third kappa shape index (κ3) is 4.10. The summed E-state index contributed by atoms with van der Waals surface area (Å²) in [7, 11) is 1.41. The van der Waals surface area contributed by atoms with Crippen molar-refractivity contribution < 1.29 is 13.9 Å². The van der Waals surface area contributed by atoms with Crippen LogP contribution < -0.4 is 5.32 Å². The van der Waals surface area contributed by atoms with Gasteiger partial charge in [-0.05, 0) is 37.1 Å². The van der Waals surface area contributed by atoms with Gasteiger partial charge in [-0.25, -0.2) is 14.2 Å². The van der Waals surface area contributed by atoms with Gasteiger partial charge in [-0.2, -0.15) is 0 Å². The van der Waals surface area contributed by atoms with Crippen molar-refractivity contribution in [3.63, 3.8) is 0 Å². The minimum Gasteiger partial charge on any atom is -0.453 e. The topological polar surface area (TPSA) is 54.5 Å². The smallest absolute Gasteiger partial charge is 0.409 e. The molecule has 24 heavy (non-hydrogen) atoms. The van der Waals surface area contributed by atoms with Gasteiger partial charge in [0.2, 0.25) is 0 Å². The molecule has 7 heteroatoms. The van der Waals surface area contributed by atoms with Crippen LogP contribution in [0.5, 0.6) is 0 Å². The molecule has 0 spiro atoms. The first-order valence-electron chi connectivity index (χ1n) is 7.92. The summed E-state index contributed by atoms with van der Waals surface area (Å²) in [5.41, 5.74) is 1.91. The lowest BCUT2D eigenvalue weighted by molar-refractivity contribution is 0.109. The molecule has 1 N–H and O–H groups in total. The molecule has 0 unspecified atom stereocenters. The number of carbonyl (C=O) groups is 1. The summed E-state index contributed by atoms with van der Waals surface area (Å²) < 4.78 is 17.7. The van der Waals surface area contributed by atoms with E-state index >= 15 is 0 Å². The molecule has 0 saturated carbocycles. The number of methoxy groups -OCH3 is 1. The molecule has 2 heterocycles. The highest BCUT2D eigenvalue weighted by molar-refractivity contribution is 7.13. The molecule has 1 fully saturated rings. The van der Waals surface area contributed by atoms with Gasteiger partial charge in [0.05, 0.1) is 12.8 Å². The highest BCUT2D eigenvalue weighted by Crippen LogP contribution is 2.24. The Labute approximate surface area is 144 Å². The van der Waals surface area contributed by atoms with Gasteiger partial charge in [-0.1, -0.05) is 0 Å². The van der Waals surface area contributed by atoms with Crippen molar-refractivity contribution in [2.45, 2.75) is 25.4 Å². The number of hydrogen-bond donors (Lipinski definition) is 1. The highest BCUT2D eigenvalue weighted by atomic mass is 32.1. The van der Waals surface area contributed by atoms with Gasteiger partial charge >= 0.3 is 6.09 Å². The maximum Gasteiger partial charge on any atom is 0.409 e. The Morgan fingerprint density at radius 2 is 2.08 bits per heavy atom. The van der Waals surface area contributed by atoms with E-state index in [9.17, 15) is 9.18 Å². The Morgan fingerprint density at radius 3 is 2.75 bits per heavy atom.